The minimum Gasteiger partial charge on any atom is -0.423 e. The van der Waals surface area contributed by atoms with Crippen molar-refractivity contribution in [2.24, 2.45) is 0 Å². The molecule has 0 amide bonds. The van der Waals surface area contributed by atoms with Crippen molar-refractivity contribution in [2.45, 2.75) is 6.54 Å². The first-order valence-electron chi connectivity index (χ1n) is 8.25. The number of oxazole rings is 1. The molecule has 25 heavy (non-hydrogen) atoms. The maximum absolute atomic E-state index is 10.9. The first-order chi connectivity index (χ1) is 12.2. The fraction of sp³-hybridized carbons (Fsp3) is 0.278. The summed E-state index contributed by atoms with van der Waals surface area (Å²) in [6.07, 6.45) is 0. The molecule has 1 saturated heterocycles. The smallest absolute Gasteiger partial charge is 0.298 e. The van der Waals surface area contributed by atoms with Crippen molar-refractivity contribution in [3.63, 3.8) is 0 Å². The minimum atomic E-state index is -0.352. The molecular formula is C18H18N4O3. The quantitative estimate of drug-likeness (QED) is 0.537. The summed E-state index contributed by atoms with van der Waals surface area (Å²) in [5.74, 6) is 0. The number of hydrogen-bond donors (Lipinski definition) is 0. The predicted octanol–water partition coefficient (Wildman–Crippen LogP) is 3.06. The number of hydrogen-bond acceptors (Lipinski definition) is 6. The van der Waals surface area contributed by atoms with Gasteiger partial charge in [0.25, 0.3) is 11.7 Å². The lowest BCUT2D eigenvalue weighted by Gasteiger charge is -2.33. The highest BCUT2D eigenvalue weighted by atomic mass is 16.6. The van der Waals surface area contributed by atoms with Gasteiger partial charge in [-0.2, -0.15) is 4.98 Å². The average Bonchev–Trinajstić information content (AvgIpc) is 3.07. The Balaban J connectivity index is 1.39. The number of non-ortho nitro benzene ring substituents is 1. The normalized spacial score (nSPS) is 15.6. The Morgan fingerprint density at radius 1 is 1.08 bits per heavy atom. The Kier molecular flexibility index (Phi) is 4.07. The number of fused-ring (bicyclic) bond motifs is 1. The second-order valence-corrected chi connectivity index (χ2v) is 6.15. The number of benzene rings is 2. The number of rotatable bonds is 4. The summed E-state index contributed by atoms with van der Waals surface area (Å²) < 4.78 is 5.82. The fourth-order valence-corrected chi connectivity index (χ4v) is 3.12. The second-order valence-electron chi connectivity index (χ2n) is 6.15. The van der Waals surface area contributed by atoms with Crippen LogP contribution >= 0.6 is 0 Å². The van der Waals surface area contributed by atoms with E-state index in [2.05, 4.69) is 14.8 Å². The summed E-state index contributed by atoms with van der Waals surface area (Å²) in [5.41, 5.74) is 2.78. The lowest BCUT2D eigenvalue weighted by molar-refractivity contribution is -0.384. The number of nitrogens with zero attached hydrogens (tertiary/aromatic N) is 4. The van der Waals surface area contributed by atoms with Gasteiger partial charge in [-0.3, -0.25) is 15.0 Å². The van der Waals surface area contributed by atoms with Crippen LogP contribution in [0.1, 0.15) is 5.56 Å². The summed E-state index contributed by atoms with van der Waals surface area (Å²) in [7, 11) is 0. The lowest BCUT2D eigenvalue weighted by atomic mass is 10.2. The van der Waals surface area contributed by atoms with Gasteiger partial charge in [0.05, 0.1) is 4.92 Å². The van der Waals surface area contributed by atoms with Crippen LogP contribution in [0.2, 0.25) is 0 Å². The van der Waals surface area contributed by atoms with E-state index in [1.165, 1.54) is 6.07 Å². The molecule has 0 unspecified atom stereocenters. The van der Waals surface area contributed by atoms with E-state index >= 15 is 0 Å². The zero-order chi connectivity index (χ0) is 17.2. The molecule has 4 rings (SSSR count). The van der Waals surface area contributed by atoms with Gasteiger partial charge in [0.15, 0.2) is 5.58 Å². The summed E-state index contributed by atoms with van der Waals surface area (Å²) in [6.45, 7) is 4.08. The Morgan fingerprint density at radius 2 is 1.88 bits per heavy atom. The lowest BCUT2D eigenvalue weighted by Crippen LogP contribution is -2.46. The Labute approximate surface area is 144 Å². The molecule has 7 nitrogen and oxygen atoms in total. The standard InChI is InChI=1S/C18H18N4O3/c23-22(24)15-5-3-4-14(12-15)13-20-8-10-21(11-9-20)18-19-16-6-1-2-7-17(16)25-18/h1-7,12H,8-11,13H2. The minimum absolute atomic E-state index is 0.141. The zero-order valence-electron chi connectivity index (χ0n) is 13.7. The molecule has 0 spiro atoms. The SMILES string of the molecule is O=[N+]([O-])c1cccc(CN2CCN(c3nc4ccccc4o3)CC2)c1. The highest BCUT2D eigenvalue weighted by Crippen LogP contribution is 2.23. The summed E-state index contributed by atoms with van der Waals surface area (Å²) in [5, 5.41) is 10.9. The van der Waals surface area contributed by atoms with Crippen LogP contribution in [-0.2, 0) is 6.54 Å². The van der Waals surface area contributed by atoms with Crippen LogP contribution in [0.3, 0.4) is 0 Å². The average molecular weight is 338 g/mol. The van der Waals surface area contributed by atoms with Crippen LogP contribution in [0.25, 0.3) is 11.1 Å². The van der Waals surface area contributed by atoms with Gasteiger partial charge in [-0.15, -0.1) is 0 Å². The summed E-state index contributed by atoms with van der Waals surface area (Å²) in [6, 6.07) is 15.3. The monoisotopic (exact) mass is 338 g/mol. The van der Waals surface area contributed by atoms with Gasteiger partial charge in [0, 0.05) is 44.9 Å². The maximum atomic E-state index is 10.9. The second kappa shape index (κ2) is 6.52. The van der Waals surface area contributed by atoms with Crippen molar-refractivity contribution >= 4 is 22.8 Å². The third-order valence-corrected chi connectivity index (χ3v) is 4.45. The van der Waals surface area contributed by atoms with Gasteiger partial charge in [-0.1, -0.05) is 24.3 Å². The molecular weight excluding hydrogens is 320 g/mol. The van der Waals surface area contributed by atoms with Crippen LogP contribution in [0.5, 0.6) is 0 Å². The van der Waals surface area contributed by atoms with E-state index in [1.54, 1.807) is 12.1 Å². The van der Waals surface area contributed by atoms with Gasteiger partial charge < -0.3 is 9.32 Å². The van der Waals surface area contributed by atoms with E-state index in [0.717, 1.165) is 42.8 Å². The first-order valence-corrected chi connectivity index (χ1v) is 8.25. The molecule has 0 radical (unpaired) electrons. The molecule has 1 fully saturated rings. The number of aromatic nitrogens is 1. The highest BCUT2D eigenvalue weighted by Gasteiger charge is 2.21. The Hall–Kier alpha value is -2.93. The van der Waals surface area contributed by atoms with Crippen LogP contribution in [-0.4, -0.2) is 41.0 Å². The Bertz CT molecular complexity index is 867. The van der Waals surface area contributed by atoms with Crippen molar-refractivity contribution in [1.29, 1.82) is 0 Å². The molecule has 1 aromatic heterocycles. The molecule has 2 heterocycles. The number of nitro groups is 1. The van der Waals surface area contributed by atoms with Gasteiger partial charge in [0.1, 0.15) is 5.52 Å². The van der Waals surface area contributed by atoms with Crippen molar-refractivity contribution in [3.05, 3.63) is 64.2 Å². The largest absolute Gasteiger partial charge is 0.423 e. The summed E-state index contributed by atoms with van der Waals surface area (Å²) in [4.78, 5) is 19.5. The molecule has 128 valence electrons. The van der Waals surface area contributed by atoms with Gasteiger partial charge in [0.2, 0.25) is 0 Å². The summed E-state index contributed by atoms with van der Waals surface area (Å²) >= 11 is 0. The molecule has 1 aliphatic rings. The topological polar surface area (TPSA) is 75.7 Å². The van der Waals surface area contributed by atoms with E-state index in [9.17, 15) is 10.1 Å². The molecule has 0 N–H and O–H groups in total. The maximum Gasteiger partial charge on any atom is 0.298 e. The first kappa shape index (κ1) is 15.6. The fourth-order valence-electron chi connectivity index (χ4n) is 3.12. The molecule has 0 aliphatic carbocycles. The predicted molar refractivity (Wildman–Crippen MR) is 94.6 cm³/mol. The van der Waals surface area contributed by atoms with Crippen molar-refractivity contribution in [3.8, 4) is 0 Å². The number of piperazine rings is 1. The number of anilines is 1. The molecule has 0 saturated carbocycles. The van der Waals surface area contributed by atoms with Crippen molar-refractivity contribution < 1.29 is 9.34 Å². The van der Waals surface area contributed by atoms with E-state index in [-0.39, 0.29) is 10.6 Å². The van der Waals surface area contributed by atoms with Crippen LogP contribution in [0.4, 0.5) is 11.7 Å². The Morgan fingerprint density at radius 3 is 2.64 bits per heavy atom. The number of nitro benzene ring substituents is 1. The van der Waals surface area contributed by atoms with Crippen LogP contribution in [0.15, 0.2) is 52.9 Å². The van der Waals surface area contributed by atoms with E-state index in [1.807, 2.05) is 30.3 Å². The molecule has 0 bridgehead atoms. The van der Waals surface area contributed by atoms with Crippen molar-refractivity contribution in [2.75, 3.05) is 31.1 Å². The van der Waals surface area contributed by atoms with Crippen LogP contribution < -0.4 is 4.90 Å². The zero-order valence-corrected chi connectivity index (χ0v) is 13.7. The molecule has 0 atom stereocenters. The van der Waals surface area contributed by atoms with Gasteiger partial charge in [-0.05, 0) is 17.7 Å². The molecule has 1 aliphatic heterocycles. The molecule has 7 heteroatoms. The van der Waals surface area contributed by atoms with E-state index in [4.69, 9.17) is 4.42 Å². The molecule has 3 aromatic rings. The molecule has 2 aromatic carbocycles. The van der Waals surface area contributed by atoms with E-state index < -0.39 is 0 Å². The van der Waals surface area contributed by atoms with Crippen molar-refractivity contribution in [1.82, 2.24) is 9.88 Å². The number of para-hydroxylation sites is 2. The highest BCUT2D eigenvalue weighted by molar-refractivity contribution is 5.74. The van der Waals surface area contributed by atoms with Gasteiger partial charge in [-0.25, -0.2) is 0 Å². The third kappa shape index (κ3) is 3.32. The van der Waals surface area contributed by atoms with Gasteiger partial charge >= 0.3 is 0 Å². The third-order valence-electron chi connectivity index (χ3n) is 4.45. The van der Waals surface area contributed by atoms with E-state index in [0.29, 0.717) is 12.6 Å². The van der Waals surface area contributed by atoms with Crippen LogP contribution in [0, 0.1) is 10.1 Å².